The number of rotatable bonds is 3. The number of pyridine rings is 1. The van der Waals surface area contributed by atoms with E-state index in [2.05, 4.69) is 41.5 Å². The minimum absolute atomic E-state index is 0.179. The number of carbonyl (C=O) groups is 1. The van der Waals surface area contributed by atoms with Crippen LogP contribution >= 0.6 is 27.7 Å². The molecule has 7 heteroatoms. The number of anilines is 1. The average molecular weight is 401 g/mol. The number of amidine groups is 1. The molecule has 2 aromatic rings. The summed E-state index contributed by atoms with van der Waals surface area (Å²) in [5, 5.41) is 6.09. The van der Waals surface area contributed by atoms with E-state index < -0.39 is 0 Å². The lowest BCUT2D eigenvalue weighted by molar-refractivity contribution is 0.102. The third-order valence-corrected chi connectivity index (χ3v) is 5.11. The van der Waals surface area contributed by atoms with E-state index in [1.54, 1.807) is 30.2 Å². The van der Waals surface area contributed by atoms with Crippen LogP contribution in [0.3, 0.4) is 0 Å². The van der Waals surface area contributed by atoms with Gasteiger partial charge in [-0.05, 0) is 39.7 Å². The molecule has 0 saturated carbocycles. The molecule has 0 aliphatic carbocycles. The van der Waals surface area contributed by atoms with Crippen molar-refractivity contribution in [2.75, 3.05) is 18.4 Å². The van der Waals surface area contributed by atoms with E-state index in [4.69, 9.17) is 0 Å². The topological polar surface area (TPSA) is 57.6 Å². The number of amides is 1. The first-order valence-corrected chi connectivity index (χ1v) is 9.09. The standard InChI is InChI=1S/C17H13BrN4OS/c18-13-7-12(8-19-9-13)16(23)21-14-3-1-11(2-4-14)15-10-24-17-20-5-6-22(15)17/h1-4,7-10H,5-6H2,(H,21,23). The Bertz CT molecular complexity index is 863. The van der Waals surface area contributed by atoms with Gasteiger partial charge in [-0.1, -0.05) is 23.9 Å². The predicted octanol–water partition coefficient (Wildman–Crippen LogP) is 3.81. The normalized spacial score (nSPS) is 15.8. The molecule has 1 amide bonds. The minimum atomic E-state index is -0.179. The van der Waals surface area contributed by atoms with Crippen LogP contribution in [0.1, 0.15) is 15.9 Å². The minimum Gasteiger partial charge on any atom is -0.322 e. The lowest BCUT2D eigenvalue weighted by Gasteiger charge is -2.16. The monoisotopic (exact) mass is 400 g/mol. The molecule has 1 aromatic carbocycles. The van der Waals surface area contributed by atoms with Crippen LogP contribution in [0.2, 0.25) is 0 Å². The number of nitrogens with one attached hydrogen (secondary N) is 1. The van der Waals surface area contributed by atoms with Crippen molar-refractivity contribution in [3.63, 3.8) is 0 Å². The molecule has 24 heavy (non-hydrogen) atoms. The first-order valence-electron chi connectivity index (χ1n) is 7.42. The quantitative estimate of drug-likeness (QED) is 0.850. The van der Waals surface area contributed by atoms with Gasteiger partial charge in [0, 0.05) is 34.5 Å². The highest BCUT2D eigenvalue weighted by Gasteiger charge is 2.26. The van der Waals surface area contributed by atoms with Gasteiger partial charge in [-0.2, -0.15) is 0 Å². The molecule has 2 aliphatic rings. The van der Waals surface area contributed by atoms with Gasteiger partial charge in [0.05, 0.1) is 17.8 Å². The van der Waals surface area contributed by atoms with E-state index in [-0.39, 0.29) is 5.91 Å². The second-order valence-corrected chi connectivity index (χ2v) is 7.11. The molecular formula is C17H13BrN4OS. The largest absolute Gasteiger partial charge is 0.322 e. The summed E-state index contributed by atoms with van der Waals surface area (Å²) in [6, 6.07) is 9.60. The van der Waals surface area contributed by atoms with Crippen LogP contribution in [0, 0.1) is 0 Å². The molecule has 0 bridgehead atoms. The van der Waals surface area contributed by atoms with Crippen molar-refractivity contribution < 1.29 is 4.79 Å². The van der Waals surface area contributed by atoms with E-state index in [0.29, 0.717) is 5.56 Å². The number of carbonyl (C=O) groups excluding carboxylic acids is 1. The second-order valence-electron chi connectivity index (χ2n) is 5.36. The van der Waals surface area contributed by atoms with Crippen LogP contribution in [-0.4, -0.2) is 34.0 Å². The Hall–Kier alpha value is -2.12. The van der Waals surface area contributed by atoms with E-state index in [0.717, 1.165) is 34.0 Å². The lowest BCUT2D eigenvalue weighted by Crippen LogP contribution is -2.19. The highest BCUT2D eigenvalue weighted by Crippen LogP contribution is 2.35. The molecule has 120 valence electrons. The SMILES string of the molecule is O=C(Nc1ccc(C2=CSC3=NCCN23)cc1)c1cncc(Br)c1. The van der Waals surface area contributed by atoms with E-state index >= 15 is 0 Å². The molecule has 2 aliphatic heterocycles. The van der Waals surface area contributed by atoms with Crippen LogP contribution in [0.15, 0.2) is 57.6 Å². The number of thioether (sulfide) groups is 1. The molecule has 4 rings (SSSR count). The molecule has 0 radical (unpaired) electrons. The fourth-order valence-corrected chi connectivity index (χ4v) is 3.94. The highest BCUT2D eigenvalue weighted by atomic mass is 79.9. The molecule has 0 saturated heterocycles. The van der Waals surface area contributed by atoms with Gasteiger partial charge in [-0.25, -0.2) is 0 Å². The number of hydrogen-bond donors (Lipinski definition) is 1. The zero-order chi connectivity index (χ0) is 16.5. The molecule has 0 unspecified atom stereocenters. The molecular weight excluding hydrogens is 388 g/mol. The Morgan fingerprint density at radius 3 is 2.88 bits per heavy atom. The number of benzene rings is 1. The Kier molecular flexibility index (Phi) is 4.12. The summed E-state index contributed by atoms with van der Waals surface area (Å²) < 4.78 is 0.777. The molecule has 0 atom stereocenters. The third-order valence-electron chi connectivity index (χ3n) is 3.77. The summed E-state index contributed by atoms with van der Waals surface area (Å²) in [6.07, 6.45) is 3.19. The second kappa shape index (κ2) is 6.41. The van der Waals surface area contributed by atoms with Crippen molar-refractivity contribution in [3.05, 3.63) is 63.7 Å². The number of nitrogens with zero attached hydrogens (tertiary/aromatic N) is 3. The number of aromatic nitrogens is 1. The first-order chi connectivity index (χ1) is 11.7. The summed E-state index contributed by atoms with van der Waals surface area (Å²) in [7, 11) is 0. The zero-order valence-electron chi connectivity index (χ0n) is 12.6. The molecule has 3 heterocycles. The van der Waals surface area contributed by atoms with Gasteiger partial charge in [0.1, 0.15) is 0 Å². The van der Waals surface area contributed by atoms with Crippen molar-refractivity contribution in [2.45, 2.75) is 0 Å². The predicted molar refractivity (Wildman–Crippen MR) is 101 cm³/mol. The van der Waals surface area contributed by atoms with E-state index in [1.807, 2.05) is 24.3 Å². The van der Waals surface area contributed by atoms with Gasteiger partial charge in [0.25, 0.3) is 5.91 Å². The molecule has 1 aromatic heterocycles. The maximum atomic E-state index is 12.2. The zero-order valence-corrected chi connectivity index (χ0v) is 15.0. The van der Waals surface area contributed by atoms with Gasteiger partial charge in [0.2, 0.25) is 0 Å². The average Bonchev–Trinajstić information content (AvgIpc) is 3.19. The number of halogens is 1. The summed E-state index contributed by atoms with van der Waals surface area (Å²) in [4.78, 5) is 22.9. The summed E-state index contributed by atoms with van der Waals surface area (Å²) in [6.45, 7) is 1.79. The molecule has 5 nitrogen and oxygen atoms in total. The van der Waals surface area contributed by atoms with Crippen molar-refractivity contribution in [1.82, 2.24) is 9.88 Å². The van der Waals surface area contributed by atoms with Gasteiger partial charge in [0.15, 0.2) is 5.17 Å². The maximum Gasteiger partial charge on any atom is 0.257 e. The van der Waals surface area contributed by atoms with Gasteiger partial charge in [-0.3, -0.25) is 14.8 Å². The van der Waals surface area contributed by atoms with Crippen LogP contribution in [0.25, 0.3) is 5.70 Å². The highest BCUT2D eigenvalue weighted by molar-refractivity contribution is 9.10. The fourth-order valence-electron chi connectivity index (χ4n) is 2.61. The van der Waals surface area contributed by atoms with Crippen molar-refractivity contribution in [3.8, 4) is 0 Å². The van der Waals surface area contributed by atoms with Gasteiger partial charge >= 0.3 is 0 Å². The Morgan fingerprint density at radius 1 is 1.25 bits per heavy atom. The summed E-state index contributed by atoms with van der Waals surface area (Å²) in [5.74, 6) is -0.179. The number of hydrogen-bond acceptors (Lipinski definition) is 5. The van der Waals surface area contributed by atoms with Crippen LogP contribution < -0.4 is 5.32 Å². The van der Waals surface area contributed by atoms with Crippen molar-refractivity contribution in [1.29, 1.82) is 0 Å². The van der Waals surface area contributed by atoms with Gasteiger partial charge < -0.3 is 10.2 Å². The summed E-state index contributed by atoms with van der Waals surface area (Å²) >= 11 is 4.98. The van der Waals surface area contributed by atoms with E-state index in [1.165, 1.54) is 5.70 Å². The Balaban J connectivity index is 1.48. The lowest BCUT2D eigenvalue weighted by atomic mass is 10.1. The Labute approximate surface area is 152 Å². The third kappa shape index (κ3) is 2.97. The maximum absolute atomic E-state index is 12.2. The number of fused-ring (bicyclic) bond motifs is 1. The van der Waals surface area contributed by atoms with Crippen molar-refractivity contribution in [2.24, 2.45) is 4.99 Å². The van der Waals surface area contributed by atoms with Crippen LogP contribution in [0.5, 0.6) is 0 Å². The molecule has 0 fully saturated rings. The van der Waals surface area contributed by atoms with Crippen LogP contribution in [-0.2, 0) is 0 Å². The molecule has 1 N–H and O–H groups in total. The molecule has 0 spiro atoms. The first kappa shape index (κ1) is 15.4. The van der Waals surface area contributed by atoms with Gasteiger partial charge in [-0.15, -0.1) is 0 Å². The smallest absolute Gasteiger partial charge is 0.257 e. The fraction of sp³-hybridized carbons (Fsp3) is 0.118. The van der Waals surface area contributed by atoms with Crippen molar-refractivity contribution >= 4 is 50.2 Å². The van der Waals surface area contributed by atoms with E-state index in [9.17, 15) is 4.79 Å². The summed E-state index contributed by atoms with van der Waals surface area (Å²) in [5.41, 5.74) is 3.56. The van der Waals surface area contributed by atoms with Crippen LogP contribution in [0.4, 0.5) is 5.69 Å². The Morgan fingerprint density at radius 2 is 2.08 bits per heavy atom. The number of aliphatic imine (C=N–C) groups is 1.